The van der Waals surface area contributed by atoms with E-state index in [1.807, 2.05) is 0 Å². The second kappa shape index (κ2) is 6.35. The number of rotatable bonds is 4. The largest absolute Gasteiger partial charge is 0.349 e. The minimum atomic E-state index is -0.485. The van der Waals surface area contributed by atoms with Gasteiger partial charge in [-0.1, -0.05) is 34.5 Å². The molecule has 20 heavy (non-hydrogen) atoms. The lowest BCUT2D eigenvalue weighted by Crippen LogP contribution is -2.38. The molecule has 2 unspecified atom stereocenters. The first-order valence-corrected chi connectivity index (χ1v) is 7.77. The van der Waals surface area contributed by atoms with Crippen molar-refractivity contribution < 1.29 is 9.72 Å². The molecular weight excluding hydrogens is 324 g/mol. The van der Waals surface area contributed by atoms with E-state index in [1.54, 1.807) is 19.1 Å². The summed E-state index contributed by atoms with van der Waals surface area (Å²) in [4.78, 5) is 22.9. The number of nitro benzene ring substituents is 1. The molecule has 0 aliphatic heterocycles. The summed E-state index contributed by atoms with van der Waals surface area (Å²) in [5.41, 5.74) is 0.555. The number of nitrogens with one attached hydrogen (secondary N) is 1. The third-order valence-electron chi connectivity index (χ3n) is 3.84. The number of carbonyl (C=O) groups is 1. The number of halogens is 1. The molecule has 1 aliphatic carbocycles. The second-order valence-corrected chi connectivity index (χ2v) is 5.80. The molecule has 0 aromatic heterocycles. The van der Waals surface area contributed by atoms with E-state index in [0.717, 1.165) is 24.6 Å². The molecule has 1 fully saturated rings. The number of alkyl halides is 1. The summed E-state index contributed by atoms with van der Waals surface area (Å²) in [6.07, 6.45) is 3.09. The van der Waals surface area contributed by atoms with Gasteiger partial charge in [-0.15, -0.1) is 0 Å². The summed E-state index contributed by atoms with van der Waals surface area (Å²) < 4.78 is 0. The van der Waals surface area contributed by atoms with Gasteiger partial charge in [-0.05, 0) is 31.7 Å². The zero-order chi connectivity index (χ0) is 14.7. The van der Waals surface area contributed by atoms with Crippen molar-refractivity contribution in [1.82, 2.24) is 5.32 Å². The minimum absolute atomic E-state index is 0.0987. The minimum Gasteiger partial charge on any atom is -0.349 e. The van der Waals surface area contributed by atoms with Gasteiger partial charge in [-0.2, -0.15) is 0 Å². The fourth-order valence-electron chi connectivity index (χ4n) is 2.74. The van der Waals surface area contributed by atoms with Gasteiger partial charge < -0.3 is 5.32 Å². The molecule has 0 bridgehead atoms. The summed E-state index contributed by atoms with van der Waals surface area (Å²) in [6, 6.07) is 4.93. The maximum Gasteiger partial charge on any atom is 0.285 e. The molecular formula is C14H17BrN2O3. The Bertz CT molecular complexity index is 533. The third kappa shape index (κ3) is 3.00. The number of aryl methyl sites for hydroxylation is 1. The number of nitrogens with zero attached hydrogens (tertiary/aromatic N) is 1. The quantitative estimate of drug-likeness (QED) is 0.519. The van der Waals surface area contributed by atoms with Crippen molar-refractivity contribution in [3.8, 4) is 0 Å². The normalized spacial score (nSPS) is 21.7. The second-order valence-electron chi connectivity index (χ2n) is 5.15. The topological polar surface area (TPSA) is 72.2 Å². The molecule has 1 saturated carbocycles. The molecule has 0 radical (unpaired) electrons. The van der Waals surface area contributed by atoms with Gasteiger partial charge >= 0.3 is 0 Å². The van der Waals surface area contributed by atoms with Crippen molar-refractivity contribution in [3.63, 3.8) is 0 Å². The van der Waals surface area contributed by atoms with E-state index < -0.39 is 4.92 Å². The lowest BCUT2D eigenvalue weighted by Gasteiger charge is -2.19. The van der Waals surface area contributed by atoms with Gasteiger partial charge in [0.2, 0.25) is 0 Å². The predicted octanol–water partition coefficient (Wildman–Crippen LogP) is 3.20. The molecule has 1 aliphatic rings. The van der Waals surface area contributed by atoms with Crippen molar-refractivity contribution in [2.24, 2.45) is 5.92 Å². The van der Waals surface area contributed by atoms with E-state index in [9.17, 15) is 14.9 Å². The molecule has 1 aromatic rings. The molecule has 0 saturated heterocycles. The van der Waals surface area contributed by atoms with Crippen LogP contribution in [0.4, 0.5) is 5.69 Å². The predicted molar refractivity (Wildman–Crippen MR) is 80.2 cm³/mol. The molecule has 108 valence electrons. The highest BCUT2D eigenvalue weighted by molar-refractivity contribution is 9.09. The number of benzene rings is 1. The van der Waals surface area contributed by atoms with Gasteiger partial charge in [0.1, 0.15) is 5.56 Å². The van der Waals surface area contributed by atoms with E-state index in [-0.39, 0.29) is 23.2 Å². The Morgan fingerprint density at radius 2 is 2.25 bits per heavy atom. The van der Waals surface area contributed by atoms with Crippen LogP contribution >= 0.6 is 15.9 Å². The first-order valence-electron chi connectivity index (χ1n) is 6.65. The van der Waals surface area contributed by atoms with Crippen LogP contribution in [0.3, 0.4) is 0 Å². The maximum atomic E-state index is 12.3. The van der Waals surface area contributed by atoms with Crippen LogP contribution in [0, 0.1) is 23.0 Å². The van der Waals surface area contributed by atoms with Crippen LogP contribution in [0.5, 0.6) is 0 Å². The number of amides is 1. The van der Waals surface area contributed by atoms with E-state index >= 15 is 0 Å². The van der Waals surface area contributed by atoms with Gasteiger partial charge in [-0.25, -0.2) is 0 Å². The van der Waals surface area contributed by atoms with Crippen molar-refractivity contribution in [1.29, 1.82) is 0 Å². The van der Waals surface area contributed by atoms with E-state index in [0.29, 0.717) is 11.5 Å². The van der Waals surface area contributed by atoms with Crippen LogP contribution in [-0.2, 0) is 0 Å². The summed E-state index contributed by atoms with van der Waals surface area (Å²) in [5, 5.41) is 14.9. The van der Waals surface area contributed by atoms with Crippen molar-refractivity contribution in [3.05, 3.63) is 39.4 Å². The first-order chi connectivity index (χ1) is 9.54. The van der Waals surface area contributed by atoms with Crippen LogP contribution < -0.4 is 5.32 Å². The molecule has 1 amide bonds. The third-order valence-corrected chi connectivity index (χ3v) is 4.67. The molecule has 1 aromatic carbocycles. The zero-order valence-electron chi connectivity index (χ0n) is 11.3. The van der Waals surface area contributed by atoms with Crippen molar-refractivity contribution in [2.75, 3.05) is 5.33 Å². The lowest BCUT2D eigenvalue weighted by molar-refractivity contribution is -0.385. The van der Waals surface area contributed by atoms with Crippen LogP contribution in [0.1, 0.15) is 35.2 Å². The van der Waals surface area contributed by atoms with Crippen LogP contribution in [-0.4, -0.2) is 22.2 Å². The number of nitro groups is 1. The van der Waals surface area contributed by atoms with Gasteiger partial charge in [0.25, 0.3) is 11.6 Å². The Morgan fingerprint density at radius 3 is 2.90 bits per heavy atom. The lowest BCUT2D eigenvalue weighted by atomic mass is 10.0. The van der Waals surface area contributed by atoms with Gasteiger partial charge in [-0.3, -0.25) is 14.9 Å². The van der Waals surface area contributed by atoms with E-state index in [4.69, 9.17) is 0 Å². The summed E-state index contributed by atoms with van der Waals surface area (Å²) in [6.45, 7) is 1.64. The monoisotopic (exact) mass is 340 g/mol. The summed E-state index contributed by atoms with van der Waals surface area (Å²) in [5.74, 6) is 0.0565. The van der Waals surface area contributed by atoms with E-state index in [1.165, 1.54) is 6.07 Å². The zero-order valence-corrected chi connectivity index (χ0v) is 12.9. The molecule has 6 heteroatoms. The van der Waals surface area contributed by atoms with Crippen LogP contribution in [0.15, 0.2) is 18.2 Å². The first kappa shape index (κ1) is 15.0. The Morgan fingerprint density at radius 1 is 1.50 bits per heavy atom. The molecule has 2 rings (SSSR count). The van der Waals surface area contributed by atoms with Crippen molar-refractivity contribution in [2.45, 2.75) is 32.2 Å². The number of hydrogen-bond acceptors (Lipinski definition) is 3. The standard InChI is InChI=1S/C14H17BrN2O3/c1-9-4-2-6-11(13(9)17(19)20)14(18)16-12-7-3-5-10(12)8-15/h2,4,6,10,12H,3,5,7-8H2,1H3,(H,16,18). The van der Waals surface area contributed by atoms with Gasteiger partial charge in [0.05, 0.1) is 4.92 Å². The SMILES string of the molecule is Cc1cccc(C(=O)NC2CCCC2CBr)c1[N+](=O)[O-]. The molecule has 2 atom stereocenters. The Hall–Kier alpha value is -1.43. The van der Waals surface area contributed by atoms with E-state index in [2.05, 4.69) is 21.2 Å². The van der Waals surface area contributed by atoms with Gasteiger partial charge in [0.15, 0.2) is 0 Å². The number of para-hydroxylation sites is 1. The highest BCUT2D eigenvalue weighted by Gasteiger charge is 2.30. The van der Waals surface area contributed by atoms with Crippen LogP contribution in [0.2, 0.25) is 0 Å². The fraction of sp³-hybridized carbons (Fsp3) is 0.500. The summed E-state index contributed by atoms with van der Waals surface area (Å²) in [7, 11) is 0. The highest BCUT2D eigenvalue weighted by Crippen LogP contribution is 2.28. The molecule has 0 spiro atoms. The van der Waals surface area contributed by atoms with Crippen molar-refractivity contribution >= 4 is 27.5 Å². The average Bonchev–Trinajstić information content (AvgIpc) is 2.85. The van der Waals surface area contributed by atoms with Gasteiger partial charge in [0, 0.05) is 16.9 Å². The Kier molecular flexibility index (Phi) is 4.75. The number of hydrogen-bond donors (Lipinski definition) is 1. The Labute approximate surface area is 126 Å². The molecule has 1 N–H and O–H groups in total. The molecule has 0 heterocycles. The highest BCUT2D eigenvalue weighted by atomic mass is 79.9. The molecule has 5 nitrogen and oxygen atoms in total. The Balaban J connectivity index is 2.21. The average molecular weight is 341 g/mol. The smallest absolute Gasteiger partial charge is 0.285 e. The number of carbonyl (C=O) groups excluding carboxylic acids is 1. The maximum absolute atomic E-state index is 12.3. The fourth-order valence-corrected chi connectivity index (χ4v) is 3.52. The van der Waals surface area contributed by atoms with Crippen LogP contribution in [0.25, 0.3) is 0 Å². The summed E-state index contributed by atoms with van der Waals surface area (Å²) >= 11 is 3.45.